The van der Waals surface area contributed by atoms with Crippen LogP contribution >= 0.6 is 38.1 Å². The molecule has 22 nitrogen and oxygen atoms in total. The quantitative estimate of drug-likeness (QED) is 0.0934. The Morgan fingerprint density at radius 3 is 1.94 bits per heavy atom. The predicted molar refractivity (Wildman–Crippen MR) is 229 cm³/mol. The molecule has 2 amide bonds. The van der Waals surface area contributed by atoms with Crippen molar-refractivity contribution < 1.29 is 55.8 Å². The highest BCUT2D eigenvalue weighted by Crippen LogP contribution is 2.63. The van der Waals surface area contributed by atoms with Crippen LogP contribution in [0.2, 0.25) is 0 Å². The van der Waals surface area contributed by atoms with Crippen LogP contribution in [-0.2, 0) is 46.2 Å². The largest absolute Gasteiger partial charge is 0.436 e. The molecule has 4 saturated heterocycles. The van der Waals surface area contributed by atoms with Crippen LogP contribution in [0.5, 0.6) is 0 Å². The monoisotopic (exact) mass is 948 g/mol. The lowest BCUT2D eigenvalue weighted by Crippen LogP contribution is -2.46. The molecule has 4 aliphatic heterocycles. The lowest BCUT2D eigenvalue weighted by molar-refractivity contribution is -0.183. The van der Waals surface area contributed by atoms with E-state index in [1.165, 1.54) is 34.4 Å². The summed E-state index contributed by atoms with van der Waals surface area (Å²) in [6, 6.07) is 17.1. The van der Waals surface area contributed by atoms with Crippen LogP contribution in [0.15, 0.2) is 86.0 Å². The Kier molecular flexibility index (Phi) is 11.3. The van der Waals surface area contributed by atoms with Crippen LogP contribution in [-0.4, -0.2) is 107 Å². The predicted octanol–water partition coefficient (Wildman–Crippen LogP) is 4.99. The second-order valence-corrected chi connectivity index (χ2v) is 20.4. The summed E-state index contributed by atoms with van der Waals surface area (Å²) in [4.78, 5) is 52.2. The Morgan fingerprint density at radius 2 is 1.34 bits per heavy atom. The van der Waals surface area contributed by atoms with Crippen molar-refractivity contribution in [3.8, 4) is 12.0 Å². The van der Waals surface area contributed by atoms with Gasteiger partial charge in [0.15, 0.2) is 52.5 Å². The fourth-order valence-corrected chi connectivity index (χ4v) is 10.8. The topological polar surface area (TPSA) is 253 Å². The Bertz CT molecular complexity index is 2940. The number of hydrogen-bond donors (Lipinski definition) is 4. The van der Waals surface area contributed by atoms with Gasteiger partial charge in [-0.15, -0.1) is 0 Å². The van der Waals surface area contributed by atoms with Crippen molar-refractivity contribution in [1.82, 2.24) is 39.0 Å². The molecule has 0 unspecified atom stereocenters. The molecule has 2 bridgehead atoms. The second-order valence-electron chi connectivity index (χ2n) is 14.7. The van der Waals surface area contributed by atoms with E-state index in [0.717, 1.165) is 0 Å². The number of hydrogen-bond acceptors (Lipinski definition) is 18. The van der Waals surface area contributed by atoms with Crippen molar-refractivity contribution in [3.05, 3.63) is 97.1 Å². The van der Waals surface area contributed by atoms with Gasteiger partial charge in [0.2, 0.25) is 0 Å². The molecule has 4 aromatic heterocycles. The number of benzene rings is 2. The minimum absolute atomic E-state index is 0.119. The number of ether oxygens (including phenoxy) is 4. The summed E-state index contributed by atoms with van der Waals surface area (Å²) in [6.45, 7) is -8.37. The van der Waals surface area contributed by atoms with Crippen LogP contribution in [0.25, 0.3) is 22.3 Å². The van der Waals surface area contributed by atoms with Crippen molar-refractivity contribution in [2.24, 2.45) is 0 Å². The number of imidazole rings is 2. The van der Waals surface area contributed by atoms with Crippen LogP contribution in [0.3, 0.4) is 0 Å². The maximum absolute atomic E-state index is 14.3. The zero-order valence-corrected chi connectivity index (χ0v) is 36.6. The van der Waals surface area contributed by atoms with Crippen molar-refractivity contribution in [3.63, 3.8) is 0 Å². The first-order chi connectivity index (χ1) is 30.9. The molecule has 0 saturated carbocycles. The maximum atomic E-state index is 14.3. The minimum atomic E-state index is -4.39. The molecule has 8 heterocycles. The summed E-state index contributed by atoms with van der Waals surface area (Å²) in [5, 5.41) is 5.52. The van der Waals surface area contributed by atoms with Crippen molar-refractivity contribution in [2.45, 2.75) is 55.5 Å². The molecule has 4 fully saturated rings. The highest BCUT2D eigenvalue weighted by molar-refractivity contribution is 8.44. The first-order valence-electron chi connectivity index (χ1n) is 19.3. The summed E-state index contributed by atoms with van der Waals surface area (Å²) in [5.41, 5.74) is 0.150. The molecular formula is C38H34N10O12P2S2. The summed E-state index contributed by atoms with van der Waals surface area (Å²) >= 11 is 8.69. The third-order valence-corrected chi connectivity index (χ3v) is 13.9. The van der Waals surface area contributed by atoms with E-state index in [1.54, 1.807) is 67.6 Å². The van der Waals surface area contributed by atoms with Crippen LogP contribution in [0.4, 0.5) is 11.6 Å². The van der Waals surface area contributed by atoms with Gasteiger partial charge in [0.25, 0.3) is 11.8 Å². The molecule has 2 N–H and O–H groups in total. The number of nitrogens with one attached hydrogen (secondary N) is 2. The number of rotatable bonds is 7. The van der Waals surface area contributed by atoms with Gasteiger partial charge in [0.05, 0.1) is 32.5 Å². The number of thiol groups is 2. The van der Waals surface area contributed by atoms with Gasteiger partial charge >= 0.3 is 13.6 Å². The molecule has 0 aliphatic carbocycles. The third-order valence-electron chi connectivity index (χ3n) is 10.7. The zero-order chi connectivity index (χ0) is 44.2. The van der Waals surface area contributed by atoms with Crippen molar-refractivity contribution in [1.29, 1.82) is 0 Å². The van der Waals surface area contributed by atoms with Gasteiger partial charge in [-0.05, 0) is 24.3 Å². The van der Waals surface area contributed by atoms with Crippen molar-refractivity contribution in [2.75, 3.05) is 30.5 Å². The highest BCUT2D eigenvalue weighted by Gasteiger charge is 2.66. The van der Waals surface area contributed by atoms with E-state index in [2.05, 4.69) is 77.1 Å². The Hall–Kier alpha value is -5.28. The SMILES string of the molecule is CC#CO[C@@H]1[C@@H]2O[P@](=O)(S)OC[C@@]34CO[C@@H]([C@H](n5cnc6c(NC(=O)c7ccccc7)ncnc65)O3)[C@@H]4O[P@](=O)(S)OC[C@H]2O[C@H]1n1cnc2c(NC(=O)c3ccccc3)ncnc21. The Labute approximate surface area is 372 Å². The summed E-state index contributed by atoms with van der Waals surface area (Å²) in [6.07, 6.45) is -0.227. The van der Waals surface area contributed by atoms with E-state index < -0.39 is 87.2 Å². The molecule has 330 valence electrons. The minimum Gasteiger partial charge on any atom is -0.436 e. The molecular weight excluding hydrogens is 915 g/mol. The van der Waals surface area contributed by atoms with E-state index in [0.29, 0.717) is 11.1 Å². The fraction of sp³-hybridized carbons (Fsp3) is 0.316. The first kappa shape index (κ1) is 42.7. The molecule has 0 spiro atoms. The Morgan fingerprint density at radius 1 is 0.766 bits per heavy atom. The summed E-state index contributed by atoms with van der Waals surface area (Å²) < 4.78 is 80.7. The van der Waals surface area contributed by atoms with E-state index >= 15 is 0 Å². The highest BCUT2D eigenvalue weighted by atomic mass is 32.7. The molecule has 26 heteroatoms. The molecule has 2 aromatic carbocycles. The summed E-state index contributed by atoms with van der Waals surface area (Å²) in [7, 11) is 0. The standard InChI is InChI=1S/C38H34N10O12P2S2/c1-2-13-53-27-26-23(57-36(27)47-19-43-24-30(39-17-41-32(24)47)45-34(49)21-9-5-3-6-10-21)14-55-61(51,63)60-29-28-37(58-38(29,15-54-28)16-56-62(52,64)59-26)48-20-44-25-31(40-18-42-33(25)48)46-35(50)22-11-7-4-8-12-22/h3-12,17-20,23,26-29,36-37H,14-16H2,1H3,(H,51,63)(H,52,64)(H,39,41,45,49)(H,40,42,46,50)/t23-,26-,27-,28-,29+,36-,37-,38-,61-,62-/m1/s1. The smallest absolute Gasteiger partial charge is 0.386 e. The van der Waals surface area contributed by atoms with Gasteiger partial charge in [-0.25, -0.2) is 39.0 Å². The van der Waals surface area contributed by atoms with E-state index in [9.17, 15) is 18.7 Å². The summed E-state index contributed by atoms with van der Waals surface area (Å²) in [5.74, 6) is 2.08. The lowest BCUT2D eigenvalue weighted by atomic mass is 10.0. The van der Waals surface area contributed by atoms with E-state index in [4.69, 9.17) is 37.0 Å². The number of nitrogens with zero attached hydrogens (tertiary/aromatic N) is 8. The van der Waals surface area contributed by atoms with Gasteiger partial charge in [-0.2, -0.15) is 0 Å². The van der Waals surface area contributed by atoms with Gasteiger partial charge in [-0.1, -0.05) is 66.8 Å². The molecule has 0 radical (unpaired) electrons. The Balaban J connectivity index is 0.922. The van der Waals surface area contributed by atoms with Gasteiger partial charge in [0, 0.05) is 18.1 Å². The molecule has 64 heavy (non-hydrogen) atoms. The number of carbonyl (C=O) groups is 2. The second kappa shape index (κ2) is 16.9. The maximum Gasteiger partial charge on any atom is 0.386 e. The number of amides is 2. The molecule has 10 atom stereocenters. The fourth-order valence-electron chi connectivity index (χ4n) is 7.84. The molecule has 6 aromatic rings. The number of anilines is 2. The number of fused-ring (bicyclic) bond motifs is 3. The first-order valence-corrected chi connectivity index (χ1v) is 24.7. The van der Waals surface area contributed by atoms with Gasteiger partial charge < -0.3 is 29.6 Å². The number of carbonyl (C=O) groups excluding carboxylic acids is 2. The van der Waals surface area contributed by atoms with Crippen LogP contribution < -0.4 is 10.6 Å². The zero-order valence-electron chi connectivity index (χ0n) is 33.0. The van der Waals surface area contributed by atoms with Crippen molar-refractivity contribution >= 4 is 83.9 Å². The normalized spacial score (nSPS) is 31.2. The van der Waals surface area contributed by atoms with Gasteiger partial charge in [0.1, 0.15) is 48.8 Å². The number of aromatic nitrogens is 8. The molecule has 4 aliphatic rings. The third kappa shape index (κ3) is 7.96. The van der Waals surface area contributed by atoms with E-state index in [-0.39, 0.29) is 40.6 Å². The van der Waals surface area contributed by atoms with Crippen LogP contribution in [0, 0.1) is 12.0 Å². The van der Waals surface area contributed by atoms with E-state index in [1.807, 2.05) is 0 Å². The molecule has 10 rings (SSSR count). The average molecular weight is 949 g/mol. The van der Waals surface area contributed by atoms with Crippen LogP contribution in [0.1, 0.15) is 40.1 Å². The lowest BCUT2D eigenvalue weighted by Gasteiger charge is -2.33. The van der Waals surface area contributed by atoms with Gasteiger partial charge in [-0.3, -0.25) is 36.8 Å². The average Bonchev–Trinajstić information content (AvgIpc) is 4.12.